The van der Waals surface area contributed by atoms with Crippen LogP contribution in [-0.4, -0.2) is 37.6 Å². The summed E-state index contributed by atoms with van der Waals surface area (Å²) in [7, 11) is 2.23. The molecule has 0 bridgehead atoms. The molecule has 98 valence electrons. The van der Waals surface area contributed by atoms with Crippen LogP contribution < -0.4 is 5.32 Å². The summed E-state index contributed by atoms with van der Waals surface area (Å²) >= 11 is 0. The van der Waals surface area contributed by atoms with Crippen LogP contribution in [0.25, 0.3) is 0 Å². The smallest absolute Gasteiger partial charge is 0.0621 e. The van der Waals surface area contributed by atoms with Crippen molar-refractivity contribution in [3.8, 4) is 6.07 Å². The third-order valence-electron chi connectivity index (χ3n) is 3.82. The molecule has 17 heavy (non-hydrogen) atoms. The zero-order valence-electron chi connectivity index (χ0n) is 11.6. The van der Waals surface area contributed by atoms with E-state index < -0.39 is 0 Å². The fraction of sp³-hybridized carbons (Fsp3) is 0.929. The van der Waals surface area contributed by atoms with Gasteiger partial charge in [-0.05, 0) is 38.3 Å². The number of hydrogen-bond donors (Lipinski definition) is 1. The van der Waals surface area contributed by atoms with Gasteiger partial charge in [-0.15, -0.1) is 0 Å². The molecule has 0 radical (unpaired) electrons. The van der Waals surface area contributed by atoms with E-state index in [0.29, 0.717) is 12.5 Å². The average Bonchev–Trinajstić information content (AvgIpc) is 2.29. The highest BCUT2D eigenvalue weighted by Crippen LogP contribution is 2.21. The Bertz CT molecular complexity index is 255. The highest BCUT2D eigenvalue weighted by molar-refractivity contribution is 4.81. The van der Waals surface area contributed by atoms with Crippen molar-refractivity contribution >= 4 is 0 Å². The van der Waals surface area contributed by atoms with Gasteiger partial charge in [-0.25, -0.2) is 0 Å². The molecule has 0 aliphatic carbocycles. The van der Waals surface area contributed by atoms with Crippen LogP contribution in [0.3, 0.4) is 0 Å². The Morgan fingerprint density at radius 3 is 2.82 bits per heavy atom. The summed E-state index contributed by atoms with van der Waals surface area (Å²) in [6.45, 7) is 7.82. The van der Waals surface area contributed by atoms with Gasteiger partial charge in [0.25, 0.3) is 0 Å². The number of rotatable bonds is 6. The summed E-state index contributed by atoms with van der Waals surface area (Å²) in [4.78, 5) is 2.47. The van der Waals surface area contributed by atoms with Crippen molar-refractivity contribution in [3.63, 3.8) is 0 Å². The predicted molar refractivity (Wildman–Crippen MR) is 71.8 cm³/mol. The number of hydrogen-bond acceptors (Lipinski definition) is 3. The van der Waals surface area contributed by atoms with Gasteiger partial charge in [0.15, 0.2) is 0 Å². The van der Waals surface area contributed by atoms with Gasteiger partial charge in [-0.3, -0.25) is 0 Å². The average molecular weight is 237 g/mol. The molecule has 1 rings (SSSR count). The summed E-state index contributed by atoms with van der Waals surface area (Å²) in [5, 5.41) is 12.2. The molecule has 1 N–H and O–H groups in total. The Balaban J connectivity index is 2.20. The first kappa shape index (κ1) is 14.5. The molecular weight excluding hydrogens is 210 g/mol. The van der Waals surface area contributed by atoms with Crippen LogP contribution in [0.4, 0.5) is 0 Å². The van der Waals surface area contributed by atoms with Gasteiger partial charge in [0.05, 0.1) is 6.07 Å². The van der Waals surface area contributed by atoms with Crippen LogP contribution in [-0.2, 0) is 0 Å². The molecule has 1 heterocycles. The van der Waals surface area contributed by atoms with Crippen molar-refractivity contribution in [1.82, 2.24) is 10.2 Å². The van der Waals surface area contributed by atoms with Crippen molar-refractivity contribution in [3.05, 3.63) is 0 Å². The lowest BCUT2D eigenvalue weighted by Crippen LogP contribution is -2.44. The van der Waals surface area contributed by atoms with Crippen LogP contribution in [0, 0.1) is 16.7 Å². The van der Waals surface area contributed by atoms with Gasteiger partial charge >= 0.3 is 0 Å². The molecule has 0 spiro atoms. The molecule has 3 nitrogen and oxygen atoms in total. The lowest BCUT2D eigenvalue weighted by molar-refractivity contribution is 0.175. The number of nitrogens with one attached hydrogen (secondary N) is 1. The molecule has 0 aromatic carbocycles. The minimum Gasteiger partial charge on any atom is -0.315 e. The van der Waals surface area contributed by atoms with Crippen LogP contribution in [0.15, 0.2) is 0 Å². The van der Waals surface area contributed by atoms with Gasteiger partial charge in [0, 0.05) is 25.6 Å². The third kappa shape index (κ3) is 5.52. The van der Waals surface area contributed by atoms with Gasteiger partial charge in [0.1, 0.15) is 0 Å². The van der Waals surface area contributed by atoms with Crippen LogP contribution >= 0.6 is 0 Å². The van der Waals surface area contributed by atoms with E-state index in [-0.39, 0.29) is 5.41 Å². The molecule has 1 unspecified atom stereocenters. The van der Waals surface area contributed by atoms with E-state index in [1.165, 1.54) is 25.8 Å². The topological polar surface area (TPSA) is 39.1 Å². The molecule has 0 aromatic heterocycles. The Morgan fingerprint density at radius 2 is 2.18 bits per heavy atom. The zero-order chi connectivity index (χ0) is 12.7. The minimum atomic E-state index is 0.239. The first-order valence-corrected chi connectivity index (χ1v) is 6.83. The second kappa shape index (κ2) is 6.98. The molecule has 1 fully saturated rings. The number of nitrogens with zero attached hydrogens (tertiary/aromatic N) is 2. The second-order valence-corrected chi connectivity index (χ2v) is 6.08. The summed E-state index contributed by atoms with van der Waals surface area (Å²) in [6.07, 6.45) is 5.69. The molecular formula is C14H27N3. The van der Waals surface area contributed by atoms with Gasteiger partial charge < -0.3 is 10.2 Å². The van der Waals surface area contributed by atoms with E-state index in [0.717, 1.165) is 19.5 Å². The van der Waals surface area contributed by atoms with E-state index in [1.807, 2.05) is 0 Å². The molecule has 1 aliphatic rings. The van der Waals surface area contributed by atoms with Crippen LogP contribution in [0.1, 0.15) is 46.0 Å². The minimum absolute atomic E-state index is 0.239. The Kier molecular flexibility index (Phi) is 5.94. The lowest BCUT2D eigenvalue weighted by atomic mass is 9.88. The molecule has 3 heteroatoms. The molecule has 1 atom stereocenters. The molecule has 0 saturated carbocycles. The van der Waals surface area contributed by atoms with Gasteiger partial charge in [-0.1, -0.05) is 20.3 Å². The number of likely N-dealkylation sites (N-methyl/N-ethyl adjacent to an activating group) is 1. The number of likely N-dealkylation sites (tertiary alicyclic amines) is 1. The first-order valence-electron chi connectivity index (χ1n) is 6.83. The summed E-state index contributed by atoms with van der Waals surface area (Å²) in [5.41, 5.74) is 0.239. The van der Waals surface area contributed by atoms with Gasteiger partial charge in [-0.2, -0.15) is 5.26 Å². The molecule has 0 aromatic rings. The Labute approximate surface area is 106 Å². The number of piperidine rings is 1. The fourth-order valence-corrected chi connectivity index (χ4v) is 2.46. The predicted octanol–water partition coefficient (Wildman–Crippen LogP) is 2.39. The Hall–Kier alpha value is -0.590. The summed E-state index contributed by atoms with van der Waals surface area (Å²) in [6, 6.07) is 2.94. The highest BCUT2D eigenvalue weighted by Gasteiger charge is 2.21. The monoisotopic (exact) mass is 237 g/mol. The first-order chi connectivity index (χ1) is 8.05. The van der Waals surface area contributed by atoms with Crippen molar-refractivity contribution in [2.75, 3.05) is 26.7 Å². The highest BCUT2D eigenvalue weighted by atomic mass is 15.2. The van der Waals surface area contributed by atoms with Crippen molar-refractivity contribution in [1.29, 1.82) is 5.26 Å². The summed E-state index contributed by atoms with van der Waals surface area (Å²) in [5.74, 6) is 0. The van der Waals surface area contributed by atoms with E-state index in [9.17, 15) is 0 Å². The SMILES string of the molecule is CN1CCCCC1CNCC(C)(C)CCC#N. The van der Waals surface area contributed by atoms with E-state index >= 15 is 0 Å². The molecule has 0 amide bonds. The maximum Gasteiger partial charge on any atom is 0.0621 e. The van der Waals surface area contributed by atoms with Crippen molar-refractivity contribution in [2.24, 2.45) is 5.41 Å². The van der Waals surface area contributed by atoms with E-state index in [4.69, 9.17) is 5.26 Å². The standard InChI is InChI=1S/C14H27N3/c1-14(2,8-6-9-15)12-16-11-13-7-4-5-10-17(13)3/h13,16H,4-8,10-12H2,1-3H3. The van der Waals surface area contributed by atoms with Crippen molar-refractivity contribution < 1.29 is 0 Å². The quantitative estimate of drug-likeness (QED) is 0.771. The zero-order valence-corrected chi connectivity index (χ0v) is 11.6. The Morgan fingerprint density at radius 1 is 1.41 bits per heavy atom. The maximum absolute atomic E-state index is 8.62. The van der Waals surface area contributed by atoms with Crippen molar-refractivity contribution in [2.45, 2.75) is 52.0 Å². The number of nitriles is 1. The maximum atomic E-state index is 8.62. The lowest BCUT2D eigenvalue weighted by Gasteiger charge is -2.34. The molecule has 1 aliphatic heterocycles. The largest absolute Gasteiger partial charge is 0.315 e. The van der Waals surface area contributed by atoms with E-state index in [1.54, 1.807) is 0 Å². The normalized spacial score (nSPS) is 22.4. The van der Waals surface area contributed by atoms with Crippen LogP contribution in [0.2, 0.25) is 0 Å². The molecule has 1 saturated heterocycles. The van der Waals surface area contributed by atoms with E-state index in [2.05, 4.69) is 37.2 Å². The van der Waals surface area contributed by atoms with Gasteiger partial charge in [0.2, 0.25) is 0 Å². The summed E-state index contributed by atoms with van der Waals surface area (Å²) < 4.78 is 0. The van der Waals surface area contributed by atoms with Crippen LogP contribution in [0.5, 0.6) is 0 Å². The third-order valence-corrected chi connectivity index (χ3v) is 3.82. The fourth-order valence-electron chi connectivity index (χ4n) is 2.46. The second-order valence-electron chi connectivity index (χ2n) is 6.08.